The van der Waals surface area contributed by atoms with E-state index in [4.69, 9.17) is 9.47 Å². The van der Waals surface area contributed by atoms with Gasteiger partial charge in [-0.3, -0.25) is 9.20 Å². The van der Waals surface area contributed by atoms with Gasteiger partial charge in [0.25, 0.3) is 0 Å². The normalized spacial score (nSPS) is 25.6. The molecule has 1 saturated carbocycles. The molecule has 2 aliphatic rings. The highest BCUT2D eigenvalue weighted by Gasteiger charge is 2.26. The Labute approximate surface area is 170 Å². The van der Waals surface area contributed by atoms with Crippen LogP contribution in [0.5, 0.6) is 11.5 Å². The van der Waals surface area contributed by atoms with Crippen molar-refractivity contribution in [3.63, 3.8) is 0 Å². The molecule has 0 aromatic heterocycles. The minimum Gasteiger partial charge on any atom is -0.496 e. The molecule has 156 valence electrons. The Morgan fingerprint density at radius 2 is 2.21 bits per heavy atom. The molecule has 0 amide bonds. The van der Waals surface area contributed by atoms with Gasteiger partial charge in [-0.15, -0.1) is 0 Å². The Balaban J connectivity index is 1.60. The predicted octanol–water partition coefficient (Wildman–Crippen LogP) is 2.76. The molecule has 0 spiro atoms. The molecule has 7 heteroatoms. The van der Waals surface area contributed by atoms with E-state index in [0.29, 0.717) is 17.8 Å². The molecule has 3 rings (SSSR count). The van der Waals surface area contributed by atoms with Crippen molar-refractivity contribution in [2.45, 2.75) is 69.9 Å². The van der Waals surface area contributed by atoms with Gasteiger partial charge in [0, 0.05) is 59.0 Å². The number of fused-ring (bicyclic) bond motifs is 1. The number of ether oxygens (including phenoxy) is 2. The molecule has 1 aromatic rings. The maximum Gasteiger partial charge on any atom is 0.191 e. The molecule has 4 unspecified atom stereocenters. The summed E-state index contributed by atoms with van der Waals surface area (Å²) in [5, 5.41) is 7.21. The maximum atomic E-state index is 12.2. The van der Waals surface area contributed by atoms with E-state index in [-0.39, 0.29) is 6.10 Å². The second-order valence-electron chi connectivity index (χ2n) is 7.63. The SMILES string of the molecule is CCS(=O)C1CCCC(NC(=NC)NCc2cc3c(cc2OC)CC(C)O3)C1. The third kappa shape index (κ3) is 4.99. The van der Waals surface area contributed by atoms with Crippen LogP contribution in [0.1, 0.15) is 50.7 Å². The molecule has 0 radical (unpaired) electrons. The van der Waals surface area contributed by atoms with Crippen LogP contribution in [0.4, 0.5) is 0 Å². The van der Waals surface area contributed by atoms with Crippen LogP contribution < -0.4 is 20.1 Å². The molecule has 1 aliphatic carbocycles. The first kappa shape index (κ1) is 21.0. The van der Waals surface area contributed by atoms with Crippen LogP contribution in [0.15, 0.2) is 17.1 Å². The average Bonchev–Trinajstić information content (AvgIpc) is 3.08. The summed E-state index contributed by atoms with van der Waals surface area (Å²) in [6.07, 6.45) is 5.34. The summed E-state index contributed by atoms with van der Waals surface area (Å²) in [6.45, 7) is 4.69. The van der Waals surface area contributed by atoms with Gasteiger partial charge < -0.3 is 20.1 Å². The van der Waals surface area contributed by atoms with Gasteiger partial charge in [0.1, 0.15) is 17.6 Å². The lowest BCUT2D eigenvalue weighted by Crippen LogP contribution is -2.46. The van der Waals surface area contributed by atoms with E-state index in [0.717, 1.165) is 60.9 Å². The van der Waals surface area contributed by atoms with Crippen molar-refractivity contribution in [2.24, 2.45) is 4.99 Å². The zero-order valence-electron chi connectivity index (χ0n) is 17.4. The lowest BCUT2D eigenvalue weighted by atomic mass is 9.95. The smallest absolute Gasteiger partial charge is 0.191 e. The van der Waals surface area contributed by atoms with Crippen LogP contribution in [0, 0.1) is 0 Å². The van der Waals surface area contributed by atoms with Crippen LogP contribution in [-0.4, -0.2) is 47.5 Å². The molecule has 2 N–H and O–H groups in total. The maximum absolute atomic E-state index is 12.2. The van der Waals surface area contributed by atoms with Gasteiger partial charge in [-0.1, -0.05) is 13.3 Å². The molecule has 28 heavy (non-hydrogen) atoms. The van der Waals surface area contributed by atoms with Crippen molar-refractivity contribution in [1.82, 2.24) is 10.6 Å². The van der Waals surface area contributed by atoms with Crippen molar-refractivity contribution in [2.75, 3.05) is 19.9 Å². The first-order valence-corrected chi connectivity index (χ1v) is 11.6. The monoisotopic (exact) mass is 407 g/mol. The Hall–Kier alpha value is -1.76. The Bertz CT molecular complexity index is 738. The fourth-order valence-corrected chi connectivity index (χ4v) is 5.48. The number of hydrogen-bond donors (Lipinski definition) is 2. The fraction of sp³-hybridized carbons (Fsp3) is 0.667. The largest absolute Gasteiger partial charge is 0.496 e. The number of aliphatic imine (C=N–C) groups is 1. The first-order chi connectivity index (χ1) is 13.5. The Kier molecular flexibility index (Phi) is 7.21. The van der Waals surface area contributed by atoms with E-state index in [1.807, 2.05) is 6.92 Å². The molecule has 1 fully saturated rings. The van der Waals surface area contributed by atoms with Gasteiger partial charge in [0.2, 0.25) is 0 Å². The zero-order valence-corrected chi connectivity index (χ0v) is 18.2. The van der Waals surface area contributed by atoms with Gasteiger partial charge >= 0.3 is 0 Å². The number of nitrogens with zero attached hydrogens (tertiary/aromatic N) is 1. The van der Waals surface area contributed by atoms with E-state index in [1.54, 1.807) is 14.2 Å². The van der Waals surface area contributed by atoms with Crippen LogP contribution in [0.2, 0.25) is 0 Å². The van der Waals surface area contributed by atoms with Gasteiger partial charge in [-0.25, -0.2) is 0 Å². The summed E-state index contributed by atoms with van der Waals surface area (Å²) in [5.41, 5.74) is 2.25. The Morgan fingerprint density at radius 1 is 1.39 bits per heavy atom. The molecular formula is C21H33N3O3S. The van der Waals surface area contributed by atoms with Gasteiger partial charge in [0.05, 0.1) is 7.11 Å². The topological polar surface area (TPSA) is 72.0 Å². The highest BCUT2D eigenvalue weighted by atomic mass is 32.2. The summed E-state index contributed by atoms with van der Waals surface area (Å²) in [7, 11) is 2.76. The predicted molar refractivity (Wildman–Crippen MR) is 115 cm³/mol. The molecular weight excluding hydrogens is 374 g/mol. The summed E-state index contributed by atoms with van der Waals surface area (Å²) < 4.78 is 23.6. The van der Waals surface area contributed by atoms with Crippen LogP contribution in [-0.2, 0) is 23.8 Å². The molecule has 4 atom stereocenters. The lowest BCUT2D eigenvalue weighted by Gasteiger charge is -2.30. The first-order valence-electron chi connectivity index (χ1n) is 10.2. The van der Waals surface area contributed by atoms with Crippen molar-refractivity contribution in [3.8, 4) is 11.5 Å². The molecule has 6 nitrogen and oxygen atoms in total. The van der Waals surface area contributed by atoms with Gasteiger partial charge in [-0.05, 0) is 38.3 Å². The minimum absolute atomic E-state index is 0.213. The fourth-order valence-electron chi connectivity index (χ4n) is 4.13. The van der Waals surface area contributed by atoms with Gasteiger partial charge in [0.15, 0.2) is 5.96 Å². The van der Waals surface area contributed by atoms with Crippen LogP contribution in [0.25, 0.3) is 0 Å². The second-order valence-corrected chi connectivity index (χ2v) is 9.63. The lowest BCUT2D eigenvalue weighted by molar-refractivity contribution is 0.254. The highest BCUT2D eigenvalue weighted by molar-refractivity contribution is 7.85. The van der Waals surface area contributed by atoms with Crippen molar-refractivity contribution >= 4 is 16.8 Å². The van der Waals surface area contributed by atoms with E-state index in [1.165, 1.54) is 5.56 Å². The van der Waals surface area contributed by atoms with Crippen LogP contribution in [0.3, 0.4) is 0 Å². The van der Waals surface area contributed by atoms with E-state index >= 15 is 0 Å². The standard InChI is InChI=1S/C21H33N3O3S/c1-5-28(25)18-8-6-7-17(12-18)24-21(22-3)23-13-16-11-20-15(9-14(2)27-20)10-19(16)26-4/h10-11,14,17-18H,5-9,12-13H2,1-4H3,(H2,22,23,24). The second kappa shape index (κ2) is 9.63. The summed E-state index contributed by atoms with van der Waals surface area (Å²) >= 11 is 0. The van der Waals surface area contributed by atoms with E-state index < -0.39 is 10.8 Å². The molecule has 1 aromatic carbocycles. The molecule has 1 heterocycles. The number of rotatable bonds is 6. The number of nitrogens with one attached hydrogen (secondary N) is 2. The molecule has 0 saturated heterocycles. The number of hydrogen-bond acceptors (Lipinski definition) is 4. The van der Waals surface area contributed by atoms with E-state index in [9.17, 15) is 4.21 Å². The minimum atomic E-state index is -0.723. The molecule has 1 aliphatic heterocycles. The third-order valence-corrected chi connectivity index (χ3v) is 7.33. The molecule has 0 bridgehead atoms. The van der Waals surface area contributed by atoms with Crippen LogP contribution >= 0.6 is 0 Å². The Morgan fingerprint density at radius 3 is 2.93 bits per heavy atom. The summed E-state index contributed by atoms with van der Waals surface area (Å²) in [6, 6.07) is 4.46. The van der Waals surface area contributed by atoms with Crippen molar-refractivity contribution < 1.29 is 13.7 Å². The average molecular weight is 408 g/mol. The summed E-state index contributed by atoms with van der Waals surface area (Å²) in [5.74, 6) is 3.33. The zero-order chi connectivity index (χ0) is 20.1. The summed E-state index contributed by atoms with van der Waals surface area (Å²) in [4.78, 5) is 4.37. The van der Waals surface area contributed by atoms with Crippen molar-refractivity contribution in [3.05, 3.63) is 23.3 Å². The highest BCUT2D eigenvalue weighted by Crippen LogP contribution is 2.35. The quantitative estimate of drug-likeness (QED) is 0.560. The van der Waals surface area contributed by atoms with Gasteiger partial charge in [-0.2, -0.15) is 0 Å². The van der Waals surface area contributed by atoms with Crippen molar-refractivity contribution in [1.29, 1.82) is 0 Å². The third-order valence-electron chi connectivity index (χ3n) is 5.59. The number of guanidine groups is 1. The van der Waals surface area contributed by atoms with E-state index in [2.05, 4.69) is 34.7 Å². The number of methoxy groups -OCH3 is 1. The number of benzene rings is 1.